The first-order valence-corrected chi connectivity index (χ1v) is 10.3. The monoisotopic (exact) mass is 428 g/mol. The van der Waals surface area contributed by atoms with Crippen LogP contribution in [0.5, 0.6) is 0 Å². The summed E-state index contributed by atoms with van der Waals surface area (Å²) in [6.07, 6.45) is 2.22. The van der Waals surface area contributed by atoms with Gasteiger partial charge in [-0.05, 0) is 43.0 Å². The van der Waals surface area contributed by atoms with E-state index in [1.807, 2.05) is 12.1 Å². The minimum Gasteiger partial charge on any atom is -0.354 e. The fraction of sp³-hybridized carbons (Fsp3) is 0.318. The van der Waals surface area contributed by atoms with E-state index in [2.05, 4.69) is 22.2 Å². The number of benzene rings is 2. The van der Waals surface area contributed by atoms with Crippen molar-refractivity contribution in [2.75, 3.05) is 23.3 Å². The molecule has 0 saturated carbocycles. The van der Waals surface area contributed by atoms with Crippen LogP contribution in [0, 0.1) is 11.7 Å². The summed E-state index contributed by atoms with van der Waals surface area (Å²) in [5.41, 5.74) is -0.0539. The van der Waals surface area contributed by atoms with Gasteiger partial charge in [-0.1, -0.05) is 36.7 Å². The number of anilines is 2. The Kier molecular flexibility index (Phi) is 5.72. The molecule has 6 nitrogen and oxygen atoms in total. The summed E-state index contributed by atoms with van der Waals surface area (Å²) in [4.78, 5) is 27.7. The largest absolute Gasteiger partial charge is 0.354 e. The van der Waals surface area contributed by atoms with Crippen molar-refractivity contribution in [1.29, 1.82) is 0 Å². The molecular weight excluding hydrogens is 407 g/mol. The molecule has 1 atom stereocenters. The molecule has 0 bridgehead atoms. The van der Waals surface area contributed by atoms with Gasteiger partial charge in [0, 0.05) is 18.5 Å². The first-order valence-electron chi connectivity index (χ1n) is 9.92. The molecule has 2 aromatic carbocycles. The van der Waals surface area contributed by atoms with Gasteiger partial charge in [-0.15, -0.1) is 0 Å². The summed E-state index contributed by atoms with van der Waals surface area (Å²) in [6, 6.07) is 11.0. The van der Waals surface area contributed by atoms with E-state index in [4.69, 9.17) is 11.6 Å². The number of hydrogen-bond donors (Lipinski definition) is 1. The van der Waals surface area contributed by atoms with E-state index in [9.17, 15) is 14.0 Å². The number of carbonyl (C=O) groups excluding carboxylic acids is 1. The molecule has 0 unspecified atom stereocenters. The Morgan fingerprint density at radius 2 is 2.03 bits per heavy atom. The highest BCUT2D eigenvalue weighted by molar-refractivity contribution is 6.33. The summed E-state index contributed by atoms with van der Waals surface area (Å²) in [7, 11) is 0. The van der Waals surface area contributed by atoms with Gasteiger partial charge < -0.3 is 10.2 Å². The number of rotatable bonds is 4. The molecule has 1 aliphatic heterocycles. The Bertz CT molecular complexity index is 1160. The summed E-state index contributed by atoms with van der Waals surface area (Å²) in [5.74, 6) is 0.283. The molecule has 4 rings (SSSR count). The molecule has 1 N–H and O–H groups in total. The van der Waals surface area contributed by atoms with Crippen LogP contribution in [0.25, 0.3) is 10.8 Å². The summed E-state index contributed by atoms with van der Waals surface area (Å²) >= 11 is 5.98. The van der Waals surface area contributed by atoms with E-state index in [0.29, 0.717) is 17.1 Å². The Morgan fingerprint density at radius 3 is 2.77 bits per heavy atom. The van der Waals surface area contributed by atoms with Crippen LogP contribution >= 0.6 is 11.6 Å². The standard InChI is InChI=1S/C22H22ClFN4O2/c1-14-5-4-10-27(12-14)21-16-6-2-3-7-17(16)22(30)28(26-21)13-20(29)25-19-9-8-15(24)11-18(19)23/h2-3,6-9,11,14H,4-5,10,12-13H2,1H3,(H,25,29)/t14-/m1/s1. The van der Waals surface area contributed by atoms with Gasteiger partial charge in [-0.2, -0.15) is 5.10 Å². The van der Waals surface area contributed by atoms with Crippen molar-refractivity contribution in [2.24, 2.45) is 5.92 Å². The zero-order valence-electron chi connectivity index (χ0n) is 16.6. The minimum absolute atomic E-state index is 0.0881. The zero-order chi connectivity index (χ0) is 21.3. The second kappa shape index (κ2) is 8.44. The summed E-state index contributed by atoms with van der Waals surface area (Å²) < 4.78 is 14.4. The van der Waals surface area contributed by atoms with Gasteiger partial charge in [-0.3, -0.25) is 9.59 Å². The second-order valence-electron chi connectivity index (χ2n) is 7.70. The van der Waals surface area contributed by atoms with Crippen molar-refractivity contribution >= 4 is 39.8 Å². The van der Waals surface area contributed by atoms with Crippen molar-refractivity contribution in [3.63, 3.8) is 0 Å². The van der Waals surface area contributed by atoms with E-state index >= 15 is 0 Å². The lowest BCUT2D eigenvalue weighted by atomic mass is 10.00. The van der Waals surface area contributed by atoms with Crippen LogP contribution in [0.4, 0.5) is 15.9 Å². The van der Waals surface area contributed by atoms with Crippen LogP contribution in [0.15, 0.2) is 47.3 Å². The van der Waals surface area contributed by atoms with Crippen molar-refractivity contribution in [2.45, 2.75) is 26.3 Å². The number of aromatic nitrogens is 2. The van der Waals surface area contributed by atoms with E-state index in [0.717, 1.165) is 37.4 Å². The van der Waals surface area contributed by atoms with Crippen LogP contribution < -0.4 is 15.8 Å². The molecule has 156 valence electrons. The highest BCUT2D eigenvalue weighted by Crippen LogP contribution is 2.27. The Morgan fingerprint density at radius 1 is 1.27 bits per heavy atom. The van der Waals surface area contributed by atoms with E-state index in [-0.39, 0.29) is 22.8 Å². The number of nitrogens with one attached hydrogen (secondary N) is 1. The summed E-state index contributed by atoms with van der Waals surface area (Å²) in [5, 5.41) is 8.57. The molecule has 30 heavy (non-hydrogen) atoms. The second-order valence-corrected chi connectivity index (χ2v) is 8.10. The maximum absolute atomic E-state index is 13.2. The van der Waals surface area contributed by atoms with Gasteiger partial charge in [0.15, 0.2) is 5.82 Å². The van der Waals surface area contributed by atoms with Crippen LogP contribution in [-0.4, -0.2) is 28.8 Å². The molecule has 1 saturated heterocycles. The van der Waals surface area contributed by atoms with Crippen molar-refractivity contribution in [1.82, 2.24) is 9.78 Å². The SMILES string of the molecule is C[C@@H]1CCCN(c2nn(CC(=O)Nc3ccc(F)cc3Cl)c(=O)c3ccccc23)C1. The Balaban J connectivity index is 1.67. The molecule has 2 heterocycles. The smallest absolute Gasteiger partial charge is 0.275 e. The molecule has 0 radical (unpaired) electrons. The van der Waals surface area contributed by atoms with Crippen LogP contribution in [0.3, 0.4) is 0 Å². The molecule has 1 amide bonds. The van der Waals surface area contributed by atoms with E-state index < -0.39 is 11.7 Å². The number of piperidine rings is 1. The molecule has 0 spiro atoms. The topological polar surface area (TPSA) is 67.2 Å². The molecule has 3 aromatic rings. The number of hydrogen-bond acceptors (Lipinski definition) is 4. The quantitative estimate of drug-likeness (QED) is 0.680. The van der Waals surface area contributed by atoms with Gasteiger partial charge in [0.25, 0.3) is 5.56 Å². The third-order valence-corrected chi connectivity index (χ3v) is 5.62. The van der Waals surface area contributed by atoms with E-state index in [1.165, 1.54) is 16.8 Å². The Labute approximate surface area is 178 Å². The minimum atomic E-state index is -0.495. The Hall–Kier alpha value is -2.93. The third kappa shape index (κ3) is 4.16. The predicted octanol–water partition coefficient (Wildman–Crippen LogP) is 4.06. The number of carbonyl (C=O) groups is 1. The van der Waals surface area contributed by atoms with Crippen molar-refractivity contribution in [3.05, 3.63) is 63.7 Å². The van der Waals surface area contributed by atoms with E-state index in [1.54, 1.807) is 12.1 Å². The molecule has 1 aliphatic rings. The van der Waals surface area contributed by atoms with Gasteiger partial charge in [-0.25, -0.2) is 9.07 Å². The molecule has 1 aromatic heterocycles. The maximum Gasteiger partial charge on any atom is 0.275 e. The number of fused-ring (bicyclic) bond motifs is 1. The average Bonchev–Trinajstić information content (AvgIpc) is 2.72. The van der Waals surface area contributed by atoms with Crippen molar-refractivity contribution < 1.29 is 9.18 Å². The predicted molar refractivity (Wildman–Crippen MR) is 117 cm³/mol. The third-order valence-electron chi connectivity index (χ3n) is 5.30. The first kappa shape index (κ1) is 20.3. The first-order chi connectivity index (χ1) is 14.4. The average molecular weight is 429 g/mol. The van der Waals surface area contributed by atoms with Gasteiger partial charge in [0.2, 0.25) is 5.91 Å². The molecule has 0 aliphatic carbocycles. The van der Waals surface area contributed by atoms with Crippen LogP contribution in [0.2, 0.25) is 5.02 Å². The fourth-order valence-corrected chi connectivity index (χ4v) is 4.07. The highest BCUT2D eigenvalue weighted by atomic mass is 35.5. The lowest BCUT2D eigenvalue weighted by Crippen LogP contribution is -2.38. The van der Waals surface area contributed by atoms with Gasteiger partial charge >= 0.3 is 0 Å². The normalized spacial score (nSPS) is 16.6. The van der Waals surface area contributed by atoms with Gasteiger partial charge in [0.05, 0.1) is 16.1 Å². The lowest BCUT2D eigenvalue weighted by molar-refractivity contribution is -0.117. The molecule has 1 fully saturated rings. The highest BCUT2D eigenvalue weighted by Gasteiger charge is 2.22. The van der Waals surface area contributed by atoms with Crippen molar-refractivity contribution in [3.8, 4) is 0 Å². The fourth-order valence-electron chi connectivity index (χ4n) is 3.86. The summed E-state index contributed by atoms with van der Waals surface area (Å²) in [6.45, 7) is 3.64. The maximum atomic E-state index is 13.2. The van der Waals surface area contributed by atoms with Crippen LogP contribution in [-0.2, 0) is 11.3 Å². The molecule has 8 heteroatoms. The molecular formula is C22H22ClFN4O2. The number of amides is 1. The van der Waals surface area contributed by atoms with Gasteiger partial charge in [0.1, 0.15) is 12.4 Å². The number of halogens is 2. The zero-order valence-corrected chi connectivity index (χ0v) is 17.3. The van der Waals surface area contributed by atoms with Crippen LogP contribution in [0.1, 0.15) is 19.8 Å². The lowest BCUT2D eigenvalue weighted by Gasteiger charge is -2.32. The number of nitrogens with zero attached hydrogens (tertiary/aromatic N) is 3.